The van der Waals surface area contributed by atoms with E-state index in [0.717, 1.165) is 5.56 Å². The van der Waals surface area contributed by atoms with Crippen molar-refractivity contribution in [3.63, 3.8) is 0 Å². The van der Waals surface area contributed by atoms with Gasteiger partial charge in [-0.25, -0.2) is 22.9 Å². The number of pyridine rings is 1. The number of nitrogens with zero attached hydrogens (tertiary/aromatic N) is 3. The van der Waals surface area contributed by atoms with Gasteiger partial charge >= 0.3 is 5.97 Å². The normalized spacial score (nSPS) is 19.5. The number of fused-ring (bicyclic) bond motifs is 2. The first-order valence-electron chi connectivity index (χ1n) is 9.95. The molecule has 4 heterocycles. The van der Waals surface area contributed by atoms with E-state index in [4.69, 9.17) is 19.2 Å². The summed E-state index contributed by atoms with van der Waals surface area (Å²) < 4.78 is 42.0. The minimum Gasteiger partial charge on any atom is -0.486 e. The first kappa shape index (κ1) is 19.8. The molecule has 0 bridgehead atoms. The van der Waals surface area contributed by atoms with Gasteiger partial charge in [-0.1, -0.05) is 0 Å². The van der Waals surface area contributed by atoms with Gasteiger partial charge in [0.25, 0.3) is 0 Å². The molecule has 1 fully saturated rings. The number of rotatable bonds is 3. The fourth-order valence-corrected chi connectivity index (χ4v) is 5.85. The molecule has 162 valence electrons. The standard InChI is InChI=1S/C21H21N3O6S/c1-12-19-15(21(25)28-2)10-16(13-3-4-17-18(9-13)30-7-6-29-17)22-20(19)24(23-12)14-5-8-31(26,27)11-14/h3-4,9-10,14H,5-8,11H2,1-2H3. The van der Waals surface area contributed by atoms with E-state index in [1.165, 1.54) is 7.11 Å². The number of aromatic nitrogens is 3. The van der Waals surface area contributed by atoms with Crippen LogP contribution in [0, 0.1) is 6.92 Å². The fraction of sp³-hybridized carbons (Fsp3) is 0.381. The van der Waals surface area contributed by atoms with Crippen molar-refractivity contribution in [3.8, 4) is 22.8 Å². The summed E-state index contributed by atoms with van der Waals surface area (Å²) in [6.45, 7) is 2.73. The molecule has 2 aromatic heterocycles. The molecule has 1 unspecified atom stereocenters. The summed E-state index contributed by atoms with van der Waals surface area (Å²) in [6.07, 6.45) is 0.460. The van der Waals surface area contributed by atoms with Crippen molar-refractivity contribution in [1.82, 2.24) is 14.8 Å². The van der Waals surface area contributed by atoms with Gasteiger partial charge in [0.05, 0.1) is 47.0 Å². The molecule has 0 N–H and O–H groups in total. The number of sulfone groups is 1. The van der Waals surface area contributed by atoms with Gasteiger partial charge in [0, 0.05) is 5.56 Å². The number of esters is 1. The minimum absolute atomic E-state index is 0.00666. The lowest BCUT2D eigenvalue weighted by molar-refractivity contribution is 0.0603. The van der Waals surface area contributed by atoms with Crippen LogP contribution in [0.3, 0.4) is 0 Å². The van der Waals surface area contributed by atoms with Crippen LogP contribution >= 0.6 is 0 Å². The monoisotopic (exact) mass is 443 g/mol. The van der Waals surface area contributed by atoms with Crippen LogP contribution in [0.15, 0.2) is 24.3 Å². The molecule has 5 rings (SSSR count). The van der Waals surface area contributed by atoms with Crippen LogP contribution in [0.4, 0.5) is 0 Å². The maximum absolute atomic E-state index is 12.6. The summed E-state index contributed by atoms with van der Waals surface area (Å²) in [7, 11) is -1.80. The number of methoxy groups -OCH3 is 1. The van der Waals surface area contributed by atoms with Crippen LogP contribution in [0.1, 0.15) is 28.5 Å². The number of hydrogen-bond acceptors (Lipinski definition) is 8. The third-order valence-corrected chi connectivity index (χ3v) is 7.38. The largest absolute Gasteiger partial charge is 0.486 e. The molecule has 10 heteroatoms. The Morgan fingerprint density at radius 1 is 1.19 bits per heavy atom. The second-order valence-electron chi connectivity index (χ2n) is 7.69. The Kier molecular flexibility index (Phi) is 4.62. The van der Waals surface area contributed by atoms with Crippen molar-refractivity contribution in [2.45, 2.75) is 19.4 Å². The lowest BCUT2D eigenvalue weighted by Crippen LogP contribution is -2.15. The smallest absolute Gasteiger partial charge is 0.338 e. The van der Waals surface area contributed by atoms with E-state index in [1.54, 1.807) is 23.7 Å². The van der Waals surface area contributed by atoms with Gasteiger partial charge in [0.15, 0.2) is 27.0 Å². The molecule has 31 heavy (non-hydrogen) atoms. The molecule has 0 spiro atoms. The molecule has 0 amide bonds. The van der Waals surface area contributed by atoms with E-state index < -0.39 is 15.8 Å². The summed E-state index contributed by atoms with van der Waals surface area (Å²) in [5, 5.41) is 5.12. The number of carbonyl (C=O) groups is 1. The Hall–Kier alpha value is -3.14. The first-order chi connectivity index (χ1) is 14.9. The van der Waals surface area contributed by atoms with Crippen LogP contribution in [0.2, 0.25) is 0 Å². The highest BCUT2D eigenvalue weighted by Crippen LogP contribution is 2.36. The zero-order valence-electron chi connectivity index (χ0n) is 17.1. The van der Waals surface area contributed by atoms with E-state index in [0.29, 0.717) is 59.1 Å². The maximum Gasteiger partial charge on any atom is 0.338 e. The Labute approximate surface area is 178 Å². The third-order valence-electron chi connectivity index (χ3n) is 5.63. The van der Waals surface area contributed by atoms with Crippen molar-refractivity contribution in [2.24, 2.45) is 0 Å². The molecule has 0 aliphatic carbocycles. The Morgan fingerprint density at radius 2 is 1.97 bits per heavy atom. The molecule has 9 nitrogen and oxygen atoms in total. The van der Waals surface area contributed by atoms with Crippen molar-refractivity contribution < 1.29 is 27.4 Å². The third kappa shape index (κ3) is 3.40. The predicted molar refractivity (Wildman–Crippen MR) is 112 cm³/mol. The summed E-state index contributed by atoms with van der Waals surface area (Å²) in [5.74, 6) is 0.877. The van der Waals surface area contributed by atoms with Crippen molar-refractivity contribution >= 4 is 26.8 Å². The van der Waals surface area contributed by atoms with E-state index in [9.17, 15) is 13.2 Å². The molecule has 1 atom stereocenters. The molecular formula is C21H21N3O6S. The Bertz CT molecular complexity index is 1310. The van der Waals surface area contributed by atoms with Crippen molar-refractivity contribution in [1.29, 1.82) is 0 Å². The predicted octanol–water partition coefficient (Wildman–Crippen LogP) is 2.32. The van der Waals surface area contributed by atoms with Gasteiger partial charge in [-0.2, -0.15) is 5.10 Å². The quantitative estimate of drug-likeness (QED) is 0.568. The second kappa shape index (κ2) is 7.23. The summed E-state index contributed by atoms with van der Waals surface area (Å²) in [4.78, 5) is 17.4. The SMILES string of the molecule is COC(=O)c1cc(-c2ccc3c(c2)OCCO3)nc2c1c(C)nn2C1CCS(=O)(=O)C1. The zero-order valence-corrected chi connectivity index (χ0v) is 17.9. The summed E-state index contributed by atoms with van der Waals surface area (Å²) >= 11 is 0. The Balaban J connectivity index is 1.71. The summed E-state index contributed by atoms with van der Waals surface area (Å²) in [6, 6.07) is 6.81. The molecule has 2 aliphatic rings. The first-order valence-corrected chi connectivity index (χ1v) is 11.8. The minimum atomic E-state index is -3.12. The summed E-state index contributed by atoms with van der Waals surface area (Å²) in [5.41, 5.74) is 2.67. The van der Waals surface area contributed by atoms with Crippen LogP contribution in [-0.2, 0) is 14.6 Å². The van der Waals surface area contributed by atoms with Crippen LogP contribution < -0.4 is 9.47 Å². The van der Waals surface area contributed by atoms with E-state index in [1.807, 2.05) is 12.1 Å². The lowest BCUT2D eigenvalue weighted by Gasteiger charge is -2.19. The van der Waals surface area contributed by atoms with Gasteiger partial charge in [0.1, 0.15) is 13.2 Å². The number of hydrogen-bond donors (Lipinski definition) is 0. The number of ether oxygens (including phenoxy) is 3. The number of benzene rings is 1. The molecule has 1 saturated heterocycles. The van der Waals surface area contributed by atoms with Crippen LogP contribution in [0.25, 0.3) is 22.3 Å². The second-order valence-corrected chi connectivity index (χ2v) is 9.92. The van der Waals surface area contributed by atoms with E-state index in [2.05, 4.69) is 5.10 Å². The highest BCUT2D eigenvalue weighted by Gasteiger charge is 2.32. The van der Waals surface area contributed by atoms with Crippen molar-refractivity contribution in [3.05, 3.63) is 35.5 Å². The van der Waals surface area contributed by atoms with Crippen LogP contribution in [0.5, 0.6) is 11.5 Å². The van der Waals surface area contributed by atoms with E-state index >= 15 is 0 Å². The van der Waals surface area contributed by atoms with Gasteiger partial charge in [-0.3, -0.25) is 0 Å². The highest BCUT2D eigenvalue weighted by atomic mass is 32.2. The fourth-order valence-electron chi connectivity index (χ4n) is 4.16. The lowest BCUT2D eigenvalue weighted by atomic mass is 10.0. The molecular weight excluding hydrogens is 422 g/mol. The molecule has 0 saturated carbocycles. The molecule has 0 radical (unpaired) electrons. The number of carbonyl (C=O) groups excluding carboxylic acids is 1. The molecule has 3 aromatic rings. The van der Waals surface area contributed by atoms with Gasteiger partial charge in [-0.15, -0.1) is 0 Å². The average molecular weight is 443 g/mol. The molecule has 1 aromatic carbocycles. The van der Waals surface area contributed by atoms with Gasteiger partial charge in [-0.05, 0) is 37.6 Å². The Morgan fingerprint density at radius 3 is 2.68 bits per heavy atom. The van der Waals surface area contributed by atoms with Gasteiger partial charge in [0.2, 0.25) is 0 Å². The van der Waals surface area contributed by atoms with Gasteiger partial charge < -0.3 is 14.2 Å². The highest BCUT2D eigenvalue weighted by molar-refractivity contribution is 7.91. The topological polar surface area (TPSA) is 110 Å². The van der Waals surface area contributed by atoms with E-state index in [-0.39, 0.29) is 17.5 Å². The zero-order chi connectivity index (χ0) is 21.8. The van der Waals surface area contributed by atoms with Crippen LogP contribution in [-0.4, -0.2) is 61.0 Å². The number of aryl methyl sites for hydroxylation is 1. The maximum atomic E-state index is 12.6. The molecule has 2 aliphatic heterocycles. The average Bonchev–Trinajstić information content (AvgIpc) is 3.31. The van der Waals surface area contributed by atoms with Crippen molar-refractivity contribution in [2.75, 3.05) is 31.8 Å².